The van der Waals surface area contributed by atoms with Gasteiger partial charge in [-0.1, -0.05) is 0 Å². The monoisotopic (exact) mass is 299 g/mol. The Labute approximate surface area is 117 Å². The summed E-state index contributed by atoms with van der Waals surface area (Å²) in [5.74, 6) is 1.04. The predicted octanol–water partition coefficient (Wildman–Crippen LogP) is -0.859. The number of hydrogen-bond acceptors (Lipinski definition) is 5. The third-order valence-corrected chi connectivity index (χ3v) is 3.86. The Kier molecular flexibility index (Phi) is 4.07. The molecule has 2 N–H and O–H groups in total. The van der Waals surface area contributed by atoms with Gasteiger partial charge in [0.2, 0.25) is 5.95 Å². The van der Waals surface area contributed by atoms with E-state index in [-0.39, 0.29) is 5.52 Å². The fourth-order valence-corrected chi connectivity index (χ4v) is 2.44. The molecular weight excluding hydrogens is 282 g/mol. The zero-order valence-electron chi connectivity index (χ0n) is 11.6. The second kappa shape index (κ2) is 5.61. The van der Waals surface area contributed by atoms with Gasteiger partial charge in [0.1, 0.15) is 0 Å². The molecule has 2 heterocycles. The fourth-order valence-electron chi connectivity index (χ4n) is 1.89. The highest BCUT2D eigenvalue weighted by Gasteiger charge is 2.12. The summed E-state index contributed by atoms with van der Waals surface area (Å²) in [6.45, 7) is 0.591. The van der Waals surface area contributed by atoms with Crippen LogP contribution in [0.2, 0.25) is 0 Å². The largest absolute Gasteiger partial charge is 0.356 e. The number of anilines is 1. The average molecular weight is 299 g/mol. The zero-order valence-corrected chi connectivity index (χ0v) is 12.4. The number of aromatic amines is 1. The molecule has 0 saturated carbocycles. The van der Waals surface area contributed by atoms with Crippen LogP contribution in [-0.2, 0) is 24.9 Å². The molecule has 110 valence electrons. The molecule has 1 atom stereocenters. The van der Waals surface area contributed by atoms with E-state index in [1.165, 1.54) is 11.6 Å². The Bertz CT molecular complexity index is 773. The van der Waals surface area contributed by atoms with Crippen LogP contribution in [0.1, 0.15) is 6.42 Å². The maximum atomic E-state index is 11.9. The summed E-state index contributed by atoms with van der Waals surface area (Å²) in [4.78, 5) is 30.8. The van der Waals surface area contributed by atoms with E-state index in [0.717, 1.165) is 11.0 Å². The molecule has 2 rings (SSSR count). The first-order valence-electron chi connectivity index (χ1n) is 6.11. The fraction of sp³-hybridized carbons (Fsp3) is 0.545. The number of nitrogens with zero attached hydrogens (tertiary/aromatic N) is 3. The smallest absolute Gasteiger partial charge is 0.332 e. The Morgan fingerprint density at radius 3 is 2.65 bits per heavy atom. The van der Waals surface area contributed by atoms with Gasteiger partial charge < -0.3 is 10.3 Å². The van der Waals surface area contributed by atoms with Gasteiger partial charge in [0.05, 0.1) is 0 Å². The van der Waals surface area contributed by atoms with Crippen molar-refractivity contribution in [3.05, 3.63) is 20.8 Å². The van der Waals surface area contributed by atoms with E-state index in [4.69, 9.17) is 0 Å². The van der Waals surface area contributed by atoms with Gasteiger partial charge in [-0.05, 0) is 6.42 Å². The normalized spacial score (nSPS) is 12.8. The van der Waals surface area contributed by atoms with Gasteiger partial charge in [-0.15, -0.1) is 0 Å². The third kappa shape index (κ3) is 2.67. The van der Waals surface area contributed by atoms with Crippen LogP contribution in [0.5, 0.6) is 0 Å². The molecular formula is C11H17N5O3S. The molecule has 0 aliphatic heterocycles. The number of rotatable bonds is 5. The Morgan fingerprint density at radius 2 is 2.00 bits per heavy atom. The lowest BCUT2D eigenvalue weighted by Crippen LogP contribution is -2.36. The third-order valence-electron chi connectivity index (χ3n) is 3.00. The van der Waals surface area contributed by atoms with Crippen molar-refractivity contribution in [2.45, 2.75) is 6.42 Å². The molecule has 8 nitrogen and oxygen atoms in total. The van der Waals surface area contributed by atoms with Gasteiger partial charge >= 0.3 is 5.69 Å². The molecule has 0 aliphatic rings. The van der Waals surface area contributed by atoms with Gasteiger partial charge in [0.15, 0.2) is 11.2 Å². The van der Waals surface area contributed by atoms with E-state index in [1.807, 2.05) is 0 Å². The highest BCUT2D eigenvalue weighted by atomic mass is 32.2. The van der Waals surface area contributed by atoms with E-state index in [0.29, 0.717) is 23.9 Å². The minimum absolute atomic E-state index is 0.288. The highest BCUT2D eigenvalue weighted by molar-refractivity contribution is 7.84. The van der Waals surface area contributed by atoms with Gasteiger partial charge in [0, 0.05) is 43.4 Å². The number of aromatic nitrogens is 4. The molecule has 2 aromatic heterocycles. The van der Waals surface area contributed by atoms with Crippen molar-refractivity contribution >= 4 is 27.9 Å². The lowest BCUT2D eigenvalue weighted by Gasteiger charge is -2.00. The number of aryl methyl sites for hydroxylation is 1. The first-order chi connectivity index (χ1) is 9.41. The van der Waals surface area contributed by atoms with Crippen LogP contribution < -0.4 is 16.6 Å². The number of H-pyrrole nitrogens is 1. The van der Waals surface area contributed by atoms with Crippen LogP contribution >= 0.6 is 0 Å². The van der Waals surface area contributed by atoms with Crippen molar-refractivity contribution < 1.29 is 4.21 Å². The van der Waals surface area contributed by atoms with Crippen molar-refractivity contribution in [2.24, 2.45) is 14.1 Å². The van der Waals surface area contributed by atoms with E-state index < -0.39 is 22.0 Å². The highest BCUT2D eigenvalue weighted by Crippen LogP contribution is 2.08. The minimum atomic E-state index is -0.821. The standard InChI is InChI=1S/C11H17N5O3S/c1-15-8-7(9(17)16(2)11(15)18)13-10(14-8)12-5-4-6-20(3)19/h4-6H2,1-3H3,(H2,12,13,14). The molecule has 9 heteroatoms. The topological polar surface area (TPSA) is 102 Å². The molecule has 0 bridgehead atoms. The van der Waals surface area contributed by atoms with Gasteiger partial charge in [0.25, 0.3) is 5.56 Å². The Balaban J connectivity index is 2.28. The van der Waals surface area contributed by atoms with E-state index in [1.54, 1.807) is 13.3 Å². The maximum Gasteiger partial charge on any atom is 0.332 e. The second-order valence-electron chi connectivity index (χ2n) is 4.55. The molecule has 0 amide bonds. The van der Waals surface area contributed by atoms with Crippen molar-refractivity contribution in [3.63, 3.8) is 0 Å². The van der Waals surface area contributed by atoms with Crippen LogP contribution in [0.3, 0.4) is 0 Å². The van der Waals surface area contributed by atoms with Crippen molar-refractivity contribution in [3.8, 4) is 0 Å². The van der Waals surface area contributed by atoms with E-state index in [2.05, 4.69) is 15.3 Å². The lowest BCUT2D eigenvalue weighted by molar-refractivity contribution is 0.685. The maximum absolute atomic E-state index is 11.9. The van der Waals surface area contributed by atoms with Crippen LogP contribution in [-0.4, -0.2) is 41.9 Å². The van der Waals surface area contributed by atoms with Crippen molar-refractivity contribution in [1.29, 1.82) is 0 Å². The predicted molar refractivity (Wildman–Crippen MR) is 78.6 cm³/mol. The molecule has 0 radical (unpaired) electrons. The summed E-state index contributed by atoms with van der Waals surface area (Å²) in [5.41, 5.74) is -0.212. The first-order valence-corrected chi connectivity index (χ1v) is 7.84. The minimum Gasteiger partial charge on any atom is -0.356 e. The molecule has 0 aliphatic carbocycles. The number of imidazole rings is 1. The van der Waals surface area contributed by atoms with Crippen LogP contribution in [0, 0.1) is 0 Å². The van der Waals surface area contributed by atoms with Crippen molar-refractivity contribution in [1.82, 2.24) is 19.1 Å². The van der Waals surface area contributed by atoms with Crippen molar-refractivity contribution in [2.75, 3.05) is 23.9 Å². The summed E-state index contributed by atoms with van der Waals surface area (Å²) < 4.78 is 13.3. The number of fused-ring (bicyclic) bond motifs is 1. The summed E-state index contributed by atoms with van der Waals surface area (Å²) in [7, 11) is 2.17. The molecule has 1 unspecified atom stereocenters. The van der Waals surface area contributed by atoms with Crippen LogP contribution in [0.25, 0.3) is 11.2 Å². The SMILES string of the molecule is Cn1c(=O)c2[nH]c(NCCCS(C)=O)nc2n(C)c1=O. The summed E-state index contributed by atoms with van der Waals surface area (Å²) in [5, 5.41) is 3.02. The summed E-state index contributed by atoms with van der Waals surface area (Å²) in [6, 6.07) is 0. The Hall–Kier alpha value is -1.90. The lowest BCUT2D eigenvalue weighted by atomic mass is 10.5. The second-order valence-corrected chi connectivity index (χ2v) is 6.10. The van der Waals surface area contributed by atoms with E-state index in [9.17, 15) is 13.8 Å². The van der Waals surface area contributed by atoms with E-state index >= 15 is 0 Å². The molecule has 0 fully saturated rings. The summed E-state index contributed by atoms with van der Waals surface area (Å²) >= 11 is 0. The quantitative estimate of drug-likeness (QED) is 0.700. The average Bonchev–Trinajstić information content (AvgIpc) is 2.83. The first kappa shape index (κ1) is 14.5. The Morgan fingerprint density at radius 1 is 1.30 bits per heavy atom. The van der Waals surface area contributed by atoms with Gasteiger partial charge in [-0.2, -0.15) is 4.98 Å². The number of nitrogens with one attached hydrogen (secondary N) is 2. The summed E-state index contributed by atoms with van der Waals surface area (Å²) in [6.07, 6.45) is 2.39. The molecule has 0 spiro atoms. The number of hydrogen-bond donors (Lipinski definition) is 2. The van der Waals surface area contributed by atoms with Crippen LogP contribution in [0.4, 0.5) is 5.95 Å². The molecule has 0 aromatic carbocycles. The van der Waals surface area contributed by atoms with Gasteiger partial charge in [-0.25, -0.2) is 4.79 Å². The zero-order chi connectivity index (χ0) is 14.9. The molecule has 20 heavy (non-hydrogen) atoms. The molecule has 2 aromatic rings. The van der Waals surface area contributed by atoms with Crippen LogP contribution in [0.15, 0.2) is 9.59 Å². The van der Waals surface area contributed by atoms with Gasteiger partial charge in [-0.3, -0.25) is 18.1 Å². The molecule has 0 saturated heterocycles.